The van der Waals surface area contributed by atoms with Gasteiger partial charge in [0, 0.05) is 0 Å². The largest absolute Gasteiger partial charge is 0.761 e. The zero-order chi connectivity index (χ0) is 3.58. The molecule has 0 radical (unpaired) electrons. The van der Waals surface area contributed by atoms with E-state index in [2.05, 4.69) is 0 Å². The van der Waals surface area contributed by atoms with Crippen LogP contribution in [-0.2, 0) is 4.46 Å². The molecule has 0 saturated carbocycles. The second-order valence-corrected chi connectivity index (χ2v) is 0.848. The maximum atomic E-state index is 8.74. The molecule has 0 aliphatic rings. The van der Waals surface area contributed by atoms with Crippen molar-refractivity contribution in [3.63, 3.8) is 0 Å². The van der Waals surface area contributed by atoms with E-state index in [9.17, 15) is 0 Å². The Morgan fingerprint density at radius 2 is 1.00 bits per heavy atom. The summed E-state index contributed by atoms with van der Waals surface area (Å²) in [5, 5.41) is 0. The number of hydrogen-bond acceptors (Lipinski definition) is 1. The Morgan fingerprint density at radius 1 is 1.00 bits per heavy atom. The van der Waals surface area contributed by atoms with Crippen molar-refractivity contribution < 1.29 is 14.1 Å². The van der Waals surface area contributed by atoms with Crippen molar-refractivity contribution in [1.82, 2.24) is 0 Å². The van der Waals surface area contributed by atoms with Gasteiger partial charge in [0.2, 0.25) is 0 Å². The summed E-state index contributed by atoms with van der Waals surface area (Å²) in [5.41, 5.74) is 0. The molecule has 0 aliphatic carbocycles. The van der Waals surface area contributed by atoms with Crippen LogP contribution in [0.25, 0.3) is 0 Å². The zero-order valence-electron chi connectivity index (χ0n) is 1.80. The molecule has 0 aliphatic heterocycles. The Morgan fingerprint density at radius 3 is 1.00 bits per heavy atom. The molecule has 0 aromatic rings. The summed E-state index contributed by atoms with van der Waals surface area (Å²) in [6.45, 7) is 0. The Kier molecular flexibility index (Phi) is 53.9. The molecular weight excluding hydrogens is 157 g/mol. The van der Waals surface area contributed by atoms with E-state index in [1.165, 1.54) is 0 Å². The molecule has 0 fully saturated rings. The monoisotopic (exact) mass is 168 g/mol. The molecular formula is H11Al3O3Si. The van der Waals surface area contributed by atoms with E-state index in [-0.39, 0.29) is 52.1 Å². The zero-order valence-corrected chi connectivity index (χ0v) is 2.80. The molecule has 7 heteroatoms. The van der Waals surface area contributed by atoms with Crippen LogP contribution in [0, 0.1) is 0 Å². The normalized spacial score (nSPS) is 3.43. The molecule has 0 amide bonds. The van der Waals surface area contributed by atoms with Gasteiger partial charge < -0.3 is 9.59 Å². The second-order valence-electron chi connectivity index (χ2n) is 0.283. The van der Waals surface area contributed by atoms with E-state index in [1.54, 1.807) is 0 Å². The smallest absolute Gasteiger partial charge is 0.511 e. The maximum Gasteiger partial charge on any atom is 0.761 e. The van der Waals surface area contributed by atoms with Gasteiger partial charge in [0.15, 0.2) is 52.1 Å². The van der Waals surface area contributed by atoms with E-state index < -0.39 is 9.17 Å². The third-order valence-electron chi connectivity index (χ3n) is 0. The first kappa shape index (κ1) is 24.1. The molecule has 42 valence electrons. The molecule has 0 unspecified atom stereocenters. The van der Waals surface area contributed by atoms with Gasteiger partial charge in [-0.15, -0.1) is 0 Å². The van der Waals surface area contributed by atoms with Gasteiger partial charge in [-0.1, -0.05) is 0 Å². The first-order valence-electron chi connectivity index (χ1n) is 0.651. The van der Waals surface area contributed by atoms with Crippen molar-refractivity contribution in [2.24, 2.45) is 0 Å². The third kappa shape index (κ3) is 133. The van der Waals surface area contributed by atoms with Gasteiger partial charge in [-0.2, -0.15) is 0 Å². The van der Waals surface area contributed by atoms with E-state index in [1.807, 2.05) is 0 Å². The van der Waals surface area contributed by atoms with Crippen molar-refractivity contribution in [3.8, 4) is 0 Å². The highest BCUT2D eigenvalue weighted by Crippen LogP contribution is 1.27. The van der Waals surface area contributed by atoms with Gasteiger partial charge >= 0.3 is 9.17 Å². The SMILES string of the molecule is O=[Si](O)O.[AlH3].[AlH3].[AlH3]. The number of rotatable bonds is 0. The van der Waals surface area contributed by atoms with Gasteiger partial charge in [-0.3, -0.25) is 4.46 Å². The molecule has 0 heterocycles. The van der Waals surface area contributed by atoms with Crippen LogP contribution in [0.4, 0.5) is 0 Å². The van der Waals surface area contributed by atoms with Crippen LogP contribution in [0.15, 0.2) is 0 Å². The average Bonchev–Trinajstić information content (AvgIpc) is 0.811. The lowest BCUT2D eigenvalue weighted by atomic mass is 15.8. The minimum absolute atomic E-state index is 0. The first-order chi connectivity index (χ1) is 1.73. The van der Waals surface area contributed by atoms with E-state index >= 15 is 0 Å². The summed E-state index contributed by atoms with van der Waals surface area (Å²) in [6.07, 6.45) is 0. The molecule has 0 spiro atoms. The fourth-order valence-electron chi connectivity index (χ4n) is 0. The van der Waals surface area contributed by atoms with Crippen molar-refractivity contribution in [2.45, 2.75) is 0 Å². The van der Waals surface area contributed by atoms with E-state index in [0.29, 0.717) is 0 Å². The Hall–Kier alpha value is 1.21. The summed E-state index contributed by atoms with van der Waals surface area (Å²) in [4.78, 5) is 14.3. The molecule has 7 heavy (non-hydrogen) atoms. The molecule has 2 N–H and O–H groups in total. The van der Waals surface area contributed by atoms with Crippen LogP contribution in [0.1, 0.15) is 0 Å². The highest BCUT2D eigenvalue weighted by atomic mass is 28.3. The van der Waals surface area contributed by atoms with Gasteiger partial charge in [0.25, 0.3) is 0 Å². The lowest BCUT2D eigenvalue weighted by molar-refractivity contribution is 0.330. The first-order valence-corrected chi connectivity index (χ1v) is 1.95. The quantitative estimate of drug-likeness (QED) is 0.355. The standard InChI is InChI=1S/3Al.H2O3Si.9H/c;;;1-4(2)3;;;;;;;;;/h;;;1-2H;;;;;;;;;. The lowest BCUT2D eigenvalue weighted by Crippen LogP contribution is -1.90. The van der Waals surface area contributed by atoms with Crippen molar-refractivity contribution in [2.75, 3.05) is 0 Å². The predicted octanol–water partition coefficient (Wildman–Crippen LogP) is -5.17. The van der Waals surface area contributed by atoms with E-state index in [0.717, 1.165) is 0 Å². The van der Waals surface area contributed by atoms with Crippen molar-refractivity contribution in [1.29, 1.82) is 0 Å². The third-order valence-corrected chi connectivity index (χ3v) is 0. The van der Waals surface area contributed by atoms with Crippen LogP contribution >= 0.6 is 0 Å². The summed E-state index contributed by atoms with van der Waals surface area (Å²) in [6, 6.07) is 0. The highest BCUT2D eigenvalue weighted by molar-refractivity contribution is 6.22. The average molecular weight is 168 g/mol. The van der Waals surface area contributed by atoms with Gasteiger partial charge in [-0.25, -0.2) is 0 Å². The predicted molar refractivity (Wildman–Crippen MR) is 40.7 cm³/mol. The van der Waals surface area contributed by atoms with Gasteiger partial charge in [0.05, 0.1) is 0 Å². The number of hydrogen-bond donors (Lipinski definition) is 2. The topological polar surface area (TPSA) is 57.5 Å². The van der Waals surface area contributed by atoms with Crippen molar-refractivity contribution in [3.05, 3.63) is 0 Å². The minimum Gasteiger partial charge on any atom is -0.511 e. The van der Waals surface area contributed by atoms with Crippen LogP contribution in [-0.4, -0.2) is 70.8 Å². The highest BCUT2D eigenvalue weighted by Gasteiger charge is 1.85. The Bertz CT molecular complexity index is 33.2. The Labute approximate surface area is 75.0 Å². The van der Waals surface area contributed by atoms with E-state index in [4.69, 9.17) is 14.1 Å². The molecule has 0 saturated heterocycles. The maximum absolute atomic E-state index is 8.74. The summed E-state index contributed by atoms with van der Waals surface area (Å²) in [5.74, 6) is 0. The van der Waals surface area contributed by atoms with Crippen LogP contribution in [0.3, 0.4) is 0 Å². The summed E-state index contributed by atoms with van der Waals surface area (Å²) < 4.78 is 8.74. The summed E-state index contributed by atoms with van der Waals surface area (Å²) in [7, 11) is -3.13. The molecule has 3 nitrogen and oxygen atoms in total. The second kappa shape index (κ2) is 15.7. The Balaban J connectivity index is -0.0000000150. The van der Waals surface area contributed by atoms with Gasteiger partial charge in [-0.05, 0) is 0 Å². The van der Waals surface area contributed by atoms with Gasteiger partial charge in [0.1, 0.15) is 0 Å². The molecule has 0 rings (SSSR count). The van der Waals surface area contributed by atoms with Crippen molar-refractivity contribution >= 4 is 61.3 Å². The molecule has 0 bridgehead atoms. The molecule has 0 aromatic carbocycles. The lowest BCUT2D eigenvalue weighted by Gasteiger charge is -1.55. The molecule has 0 atom stereocenters. The minimum atomic E-state index is -3.13. The fourth-order valence-corrected chi connectivity index (χ4v) is 0. The molecule has 0 aromatic heterocycles. The van der Waals surface area contributed by atoms with Crippen LogP contribution in [0.2, 0.25) is 0 Å². The van der Waals surface area contributed by atoms with Crippen LogP contribution in [0.5, 0.6) is 0 Å². The summed E-state index contributed by atoms with van der Waals surface area (Å²) >= 11 is 0. The fraction of sp³-hybridized carbons (Fsp3) is 0. The van der Waals surface area contributed by atoms with Crippen LogP contribution < -0.4 is 0 Å².